The van der Waals surface area contributed by atoms with Gasteiger partial charge in [0.1, 0.15) is 22.6 Å². The van der Waals surface area contributed by atoms with Gasteiger partial charge in [-0.25, -0.2) is 9.59 Å². The molecule has 2 heterocycles. The van der Waals surface area contributed by atoms with Crippen LogP contribution in [0.2, 0.25) is 0 Å². The van der Waals surface area contributed by atoms with Crippen molar-refractivity contribution in [2.24, 2.45) is 0 Å². The minimum absolute atomic E-state index is 0.107. The van der Waals surface area contributed by atoms with Crippen LogP contribution in [0.5, 0.6) is 11.5 Å². The summed E-state index contributed by atoms with van der Waals surface area (Å²) < 4.78 is 58.4. The molecule has 3 aromatic rings. The molecule has 0 saturated carbocycles. The van der Waals surface area contributed by atoms with Crippen LogP contribution in [0.4, 0.5) is 18.0 Å². The van der Waals surface area contributed by atoms with Crippen LogP contribution >= 0.6 is 0 Å². The Morgan fingerprint density at radius 2 is 1.65 bits per heavy atom. The number of hydrogen-bond donors (Lipinski definition) is 1. The third kappa shape index (κ3) is 6.65. The second-order valence-electron chi connectivity index (χ2n) is 10.7. The standard InChI is InChI=1S/C32H37F3N2O6/c1-5-10-20-18-24-25(32(33,34)35)19-26(38)43-28(24)23(11-6-2)27(20)42-17-9-8-16-37-29(39)31(4,36-30(37)40)21-12-14-22(15-13-21)41-7-3/h12-15,18-19H,5-11,16-17H2,1-4H3,(H,36,40). The Hall–Kier alpha value is -4.02. The number of urea groups is 1. The number of carbonyl (C=O) groups excluding carboxylic acids is 2. The van der Waals surface area contributed by atoms with Gasteiger partial charge in [-0.15, -0.1) is 0 Å². The van der Waals surface area contributed by atoms with Crippen molar-refractivity contribution in [2.45, 2.75) is 77.9 Å². The molecule has 43 heavy (non-hydrogen) atoms. The van der Waals surface area contributed by atoms with Crippen molar-refractivity contribution in [1.82, 2.24) is 10.2 Å². The fourth-order valence-corrected chi connectivity index (χ4v) is 5.45. The summed E-state index contributed by atoms with van der Waals surface area (Å²) in [6.45, 7) is 8.23. The summed E-state index contributed by atoms with van der Waals surface area (Å²) in [7, 11) is 0. The molecule has 1 aliphatic rings. The highest BCUT2D eigenvalue weighted by atomic mass is 19.4. The maximum atomic E-state index is 13.8. The first-order valence-electron chi connectivity index (χ1n) is 14.6. The van der Waals surface area contributed by atoms with Crippen LogP contribution < -0.4 is 20.4 Å². The summed E-state index contributed by atoms with van der Waals surface area (Å²) in [6.07, 6.45) is -1.69. The number of rotatable bonds is 13. The number of aryl methyl sites for hydroxylation is 2. The first-order valence-corrected chi connectivity index (χ1v) is 14.6. The van der Waals surface area contributed by atoms with Gasteiger partial charge in [0.25, 0.3) is 5.91 Å². The Balaban J connectivity index is 1.48. The predicted octanol–water partition coefficient (Wildman–Crippen LogP) is 6.74. The number of carbonyl (C=O) groups is 2. The average Bonchev–Trinajstić information content (AvgIpc) is 3.17. The van der Waals surface area contributed by atoms with Crippen LogP contribution in [-0.2, 0) is 29.4 Å². The SMILES string of the molecule is CCCc1cc2c(C(F)(F)F)cc(=O)oc2c(CCC)c1OCCCCN1C(=O)NC(C)(c2ccc(OCC)cc2)C1=O. The smallest absolute Gasteiger partial charge is 0.417 e. The van der Waals surface area contributed by atoms with E-state index in [1.54, 1.807) is 31.2 Å². The normalized spacial score (nSPS) is 17.0. The van der Waals surface area contributed by atoms with E-state index in [9.17, 15) is 27.6 Å². The van der Waals surface area contributed by atoms with Crippen LogP contribution in [0, 0.1) is 0 Å². The molecule has 0 spiro atoms. The quantitative estimate of drug-likeness (QED) is 0.132. The van der Waals surface area contributed by atoms with Gasteiger partial charge >= 0.3 is 17.8 Å². The maximum Gasteiger partial charge on any atom is 0.417 e. The molecular weight excluding hydrogens is 565 g/mol. The molecule has 1 saturated heterocycles. The highest BCUT2D eigenvalue weighted by Gasteiger charge is 2.48. The molecule has 8 nitrogen and oxygen atoms in total. The highest BCUT2D eigenvalue weighted by Crippen LogP contribution is 2.40. The Morgan fingerprint density at radius 3 is 2.28 bits per heavy atom. The Labute approximate surface area is 248 Å². The highest BCUT2D eigenvalue weighted by molar-refractivity contribution is 6.07. The van der Waals surface area contributed by atoms with Crippen LogP contribution in [0.15, 0.2) is 45.6 Å². The van der Waals surface area contributed by atoms with Gasteiger partial charge in [-0.05, 0) is 68.9 Å². The Kier molecular flexibility index (Phi) is 9.72. The lowest BCUT2D eigenvalue weighted by Crippen LogP contribution is -2.41. The minimum atomic E-state index is -4.72. The van der Waals surface area contributed by atoms with Crippen molar-refractivity contribution in [1.29, 1.82) is 0 Å². The molecule has 1 aromatic heterocycles. The van der Waals surface area contributed by atoms with Crippen molar-refractivity contribution < 1.29 is 36.7 Å². The second-order valence-corrected chi connectivity index (χ2v) is 10.7. The number of fused-ring (bicyclic) bond motifs is 1. The number of nitrogens with zero attached hydrogens (tertiary/aromatic N) is 1. The van der Waals surface area contributed by atoms with E-state index in [0.29, 0.717) is 79.4 Å². The molecule has 0 aliphatic carbocycles. The zero-order chi connectivity index (χ0) is 31.4. The molecule has 232 valence electrons. The van der Waals surface area contributed by atoms with Crippen molar-refractivity contribution in [3.8, 4) is 11.5 Å². The molecule has 1 fully saturated rings. The number of imide groups is 1. The molecule has 1 unspecified atom stereocenters. The van der Waals surface area contributed by atoms with Crippen LogP contribution in [0.1, 0.15) is 75.6 Å². The first kappa shape index (κ1) is 31.9. The van der Waals surface area contributed by atoms with E-state index in [1.165, 1.54) is 11.0 Å². The van der Waals surface area contributed by atoms with E-state index in [1.807, 2.05) is 20.8 Å². The van der Waals surface area contributed by atoms with E-state index < -0.39 is 28.9 Å². The summed E-state index contributed by atoms with van der Waals surface area (Å²) in [5, 5.41) is 2.64. The number of benzene rings is 2. The summed E-state index contributed by atoms with van der Waals surface area (Å²) in [6, 6.07) is 8.44. The lowest BCUT2D eigenvalue weighted by molar-refractivity contribution is -0.136. The molecular formula is C32H37F3N2O6. The van der Waals surface area contributed by atoms with Crippen LogP contribution in [-0.4, -0.2) is 36.6 Å². The van der Waals surface area contributed by atoms with Crippen molar-refractivity contribution >= 4 is 22.9 Å². The Bertz CT molecular complexity index is 1530. The van der Waals surface area contributed by atoms with Crippen LogP contribution in [0.25, 0.3) is 11.0 Å². The van der Waals surface area contributed by atoms with E-state index in [-0.39, 0.29) is 30.0 Å². The van der Waals surface area contributed by atoms with Gasteiger partial charge < -0.3 is 19.2 Å². The predicted molar refractivity (Wildman–Crippen MR) is 155 cm³/mol. The number of amides is 3. The first-order chi connectivity index (χ1) is 20.4. The molecule has 1 aliphatic heterocycles. The van der Waals surface area contributed by atoms with Gasteiger partial charge in [0, 0.05) is 23.6 Å². The largest absolute Gasteiger partial charge is 0.494 e. The molecule has 0 bridgehead atoms. The lowest BCUT2D eigenvalue weighted by atomic mass is 9.92. The van der Waals surface area contributed by atoms with Gasteiger partial charge in [0.15, 0.2) is 0 Å². The average molecular weight is 603 g/mol. The fourth-order valence-electron chi connectivity index (χ4n) is 5.45. The van der Waals surface area contributed by atoms with E-state index in [4.69, 9.17) is 13.9 Å². The zero-order valence-corrected chi connectivity index (χ0v) is 24.9. The molecule has 1 atom stereocenters. The number of alkyl halides is 3. The zero-order valence-electron chi connectivity index (χ0n) is 24.9. The fraction of sp³-hybridized carbons (Fsp3) is 0.469. The summed E-state index contributed by atoms with van der Waals surface area (Å²) in [5.74, 6) is 0.738. The second kappa shape index (κ2) is 13.1. The molecule has 11 heteroatoms. The van der Waals surface area contributed by atoms with E-state index in [0.717, 1.165) is 0 Å². The molecule has 2 aromatic carbocycles. The number of halogens is 3. The van der Waals surface area contributed by atoms with Gasteiger partial charge in [0.05, 0.1) is 18.8 Å². The van der Waals surface area contributed by atoms with Gasteiger partial charge in [-0.1, -0.05) is 38.8 Å². The van der Waals surface area contributed by atoms with Gasteiger partial charge in [-0.2, -0.15) is 13.2 Å². The summed E-state index contributed by atoms with van der Waals surface area (Å²) in [5.41, 5.74) is -1.71. The van der Waals surface area contributed by atoms with Crippen LogP contribution in [0.3, 0.4) is 0 Å². The van der Waals surface area contributed by atoms with Gasteiger partial charge in [0.2, 0.25) is 0 Å². The van der Waals surface area contributed by atoms with Crippen molar-refractivity contribution in [3.63, 3.8) is 0 Å². The minimum Gasteiger partial charge on any atom is -0.494 e. The van der Waals surface area contributed by atoms with E-state index in [2.05, 4.69) is 5.32 Å². The maximum absolute atomic E-state index is 13.8. The third-order valence-corrected chi connectivity index (χ3v) is 7.52. The third-order valence-electron chi connectivity index (χ3n) is 7.52. The van der Waals surface area contributed by atoms with Crippen molar-refractivity contribution in [2.75, 3.05) is 19.8 Å². The van der Waals surface area contributed by atoms with Crippen molar-refractivity contribution in [3.05, 3.63) is 69.1 Å². The molecule has 4 rings (SSSR count). The number of ether oxygens (including phenoxy) is 2. The summed E-state index contributed by atoms with van der Waals surface area (Å²) >= 11 is 0. The summed E-state index contributed by atoms with van der Waals surface area (Å²) in [4.78, 5) is 39.3. The number of hydrogen-bond acceptors (Lipinski definition) is 6. The molecule has 1 N–H and O–H groups in total. The Morgan fingerprint density at radius 1 is 0.953 bits per heavy atom. The number of unbranched alkanes of at least 4 members (excludes halogenated alkanes) is 1. The number of nitrogens with one attached hydrogen (secondary N) is 1. The topological polar surface area (TPSA) is 98.1 Å². The molecule has 0 radical (unpaired) electrons. The monoisotopic (exact) mass is 602 g/mol. The van der Waals surface area contributed by atoms with E-state index >= 15 is 0 Å². The molecule has 3 amide bonds. The van der Waals surface area contributed by atoms with Gasteiger partial charge in [-0.3, -0.25) is 9.69 Å². The lowest BCUT2D eigenvalue weighted by Gasteiger charge is -2.22.